The maximum Gasteiger partial charge on any atom is 0.251 e. The first-order valence-electron chi connectivity index (χ1n) is 6.06. The topological polar surface area (TPSA) is 55.0 Å². The third kappa shape index (κ3) is 2.77. The van der Waals surface area contributed by atoms with E-state index in [1.54, 1.807) is 0 Å². The van der Waals surface area contributed by atoms with E-state index in [1.807, 2.05) is 38.1 Å². The minimum Gasteiger partial charge on any atom is -0.494 e. The van der Waals surface area contributed by atoms with Gasteiger partial charge >= 0.3 is 0 Å². The van der Waals surface area contributed by atoms with E-state index >= 15 is 0 Å². The van der Waals surface area contributed by atoms with Gasteiger partial charge in [0.05, 0.1) is 12.3 Å². The summed E-state index contributed by atoms with van der Waals surface area (Å²) in [5.41, 5.74) is 1.44. The number of aromatic amines is 1. The van der Waals surface area contributed by atoms with Crippen molar-refractivity contribution in [3.8, 4) is 17.0 Å². The molecule has 1 aromatic carbocycles. The molecule has 0 aliphatic rings. The maximum atomic E-state index is 11.5. The van der Waals surface area contributed by atoms with Crippen LogP contribution in [0, 0.1) is 0 Å². The van der Waals surface area contributed by atoms with Crippen molar-refractivity contribution in [1.82, 2.24) is 9.97 Å². The minimum atomic E-state index is -0.126. The van der Waals surface area contributed by atoms with Gasteiger partial charge in [0.25, 0.3) is 5.56 Å². The van der Waals surface area contributed by atoms with Crippen molar-refractivity contribution < 1.29 is 4.74 Å². The number of aryl methyl sites for hydroxylation is 1. The second-order valence-electron chi connectivity index (χ2n) is 3.89. The molecular weight excluding hydrogens is 228 g/mol. The molecule has 0 amide bonds. The van der Waals surface area contributed by atoms with E-state index in [0.29, 0.717) is 24.5 Å². The average molecular weight is 244 g/mol. The van der Waals surface area contributed by atoms with E-state index in [4.69, 9.17) is 4.74 Å². The van der Waals surface area contributed by atoms with Crippen LogP contribution in [0.1, 0.15) is 19.7 Å². The average Bonchev–Trinajstić information content (AvgIpc) is 2.39. The van der Waals surface area contributed by atoms with Gasteiger partial charge in [-0.3, -0.25) is 4.79 Å². The number of aromatic nitrogens is 2. The lowest BCUT2D eigenvalue weighted by atomic mass is 10.1. The Hall–Kier alpha value is -2.10. The monoisotopic (exact) mass is 244 g/mol. The molecule has 1 aromatic heterocycles. The molecule has 0 atom stereocenters. The molecule has 4 heteroatoms. The molecule has 0 fully saturated rings. The normalized spacial score (nSPS) is 10.3. The van der Waals surface area contributed by atoms with Crippen molar-refractivity contribution >= 4 is 0 Å². The van der Waals surface area contributed by atoms with E-state index in [-0.39, 0.29) is 5.56 Å². The van der Waals surface area contributed by atoms with Crippen LogP contribution in [0.5, 0.6) is 5.75 Å². The predicted octanol–water partition coefficient (Wildman–Crippen LogP) is 2.40. The first-order chi connectivity index (χ1) is 8.72. The van der Waals surface area contributed by atoms with Crippen LogP contribution in [-0.4, -0.2) is 16.6 Å². The minimum absolute atomic E-state index is 0.126. The van der Waals surface area contributed by atoms with Gasteiger partial charge in [0.15, 0.2) is 0 Å². The molecule has 0 aliphatic heterocycles. The molecule has 2 aromatic rings. The van der Waals surface area contributed by atoms with Gasteiger partial charge in [-0.25, -0.2) is 4.98 Å². The summed E-state index contributed by atoms with van der Waals surface area (Å²) >= 11 is 0. The number of H-pyrrole nitrogens is 1. The van der Waals surface area contributed by atoms with Crippen LogP contribution in [0.3, 0.4) is 0 Å². The van der Waals surface area contributed by atoms with Gasteiger partial charge in [0.2, 0.25) is 0 Å². The number of hydrogen-bond donors (Lipinski definition) is 1. The molecule has 4 nitrogen and oxygen atoms in total. The van der Waals surface area contributed by atoms with Crippen molar-refractivity contribution in [1.29, 1.82) is 0 Å². The molecule has 1 N–H and O–H groups in total. The highest BCUT2D eigenvalue weighted by Crippen LogP contribution is 2.21. The summed E-state index contributed by atoms with van der Waals surface area (Å²) in [4.78, 5) is 18.6. The van der Waals surface area contributed by atoms with Crippen molar-refractivity contribution in [2.45, 2.75) is 20.3 Å². The van der Waals surface area contributed by atoms with Gasteiger partial charge in [-0.15, -0.1) is 0 Å². The van der Waals surface area contributed by atoms with Gasteiger partial charge in [-0.05, 0) is 19.1 Å². The molecule has 0 aliphatic carbocycles. The van der Waals surface area contributed by atoms with Crippen LogP contribution in [-0.2, 0) is 6.42 Å². The summed E-state index contributed by atoms with van der Waals surface area (Å²) in [7, 11) is 0. The number of hydrogen-bond acceptors (Lipinski definition) is 3. The molecule has 2 rings (SSSR count). The summed E-state index contributed by atoms with van der Waals surface area (Å²) in [6.45, 7) is 4.51. The Morgan fingerprint density at radius 2 is 2.11 bits per heavy atom. The lowest BCUT2D eigenvalue weighted by Crippen LogP contribution is -2.10. The number of nitrogens with one attached hydrogen (secondary N) is 1. The van der Waals surface area contributed by atoms with Crippen molar-refractivity contribution in [3.63, 3.8) is 0 Å². The van der Waals surface area contributed by atoms with Crippen LogP contribution >= 0.6 is 0 Å². The lowest BCUT2D eigenvalue weighted by molar-refractivity contribution is 0.340. The summed E-state index contributed by atoms with van der Waals surface area (Å²) in [5, 5.41) is 0. The standard InChI is InChI=1S/C14H16N2O2/c1-3-13-15-12(9-14(17)16-13)10-6-5-7-11(8-10)18-4-2/h5-9H,3-4H2,1-2H3,(H,15,16,17). The van der Waals surface area contributed by atoms with Crippen LogP contribution in [0.2, 0.25) is 0 Å². The molecule has 0 saturated carbocycles. The fourth-order valence-corrected chi connectivity index (χ4v) is 1.74. The first kappa shape index (κ1) is 12.4. The van der Waals surface area contributed by atoms with E-state index in [2.05, 4.69) is 9.97 Å². The van der Waals surface area contributed by atoms with E-state index in [9.17, 15) is 4.79 Å². The molecular formula is C14H16N2O2. The summed E-state index contributed by atoms with van der Waals surface area (Å²) < 4.78 is 5.44. The van der Waals surface area contributed by atoms with Gasteiger partial charge in [-0.2, -0.15) is 0 Å². The summed E-state index contributed by atoms with van der Waals surface area (Å²) in [6.07, 6.45) is 0.703. The Bertz CT molecular complexity index is 590. The summed E-state index contributed by atoms with van der Waals surface area (Å²) in [6, 6.07) is 9.11. The first-order valence-corrected chi connectivity index (χ1v) is 6.06. The quantitative estimate of drug-likeness (QED) is 0.898. The Balaban J connectivity index is 2.44. The Kier molecular flexibility index (Phi) is 3.77. The highest BCUT2D eigenvalue weighted by molar-refractivity contribution is 5.60. The van der Waals surface area contributed by atoms with Crippen LogP contribution < -0.4 is 10.3 Å². The third-order valence-electron chi connectivity index (χ3n) is 2.57. The SMILES string of the molecule is CCOc1cccc(-c2cc(=O)[nH]c(CC)n2)c1. The van der Waals surface area contributed by atoms with Crippen molar-refractivity contribution in [2.75, 3.05) is 6.61 Å². The number of rotatable bonds is 4. The predicted molar refractivity (Wildman–Crippen MR) is 70.8 cm³/mol. The second kappa shape index (κ2) is 5.49. The lowest BCUT2D eigenvalue weighted by Gasteiger charge is -2.06. The molecule has 0 saturated heterocycles. The molecule has 0 radical (unpaired) electrons. The number of benzene rings is 1. The van der Waals surface area contributed by atoms with Gasteiger partial charge in [0, 0.05) is 18.1 Å². The molecule has 18 heavy (non-hydrogen) atoms. The van der Waals surface area contributed by atoms with Gasteiger partial charge < -0.3 is 9.72 Å². The number of nitrogens with zero attached hydrogens (tertiary/aromatic N) is 1. The van der Waals surface area contributed by atoms with Crippen molar-refractivity contribution in [2.24, 2.45) is 0 Å². The van der Waals surface area contributed by atoms with Crippen LogP contribution in [0.15, 0.2) is 35.1 Å². The largest absolute Gasteiger partial charge is 0.494 e. The third-order valence-corrected chi connectivity index (χ3v) is 2.57. The molecule has 1 heterocycles. The second-order valence-corrected chi connectivity index (χ2v) is 3.89. The summed E-state index contributed by atoms with van der Waals surface area (Å²) in [5.74, 6) is 1.48. The Morgan fingerprint density at radius 1 is 1.28 bits per heavy atom. The zero-order valence-electron chi connectivity index (χ0n) is 10.6. The van der Waals surface area contributed by atoms with E-state index in [0.717, 1.165) is 11.3 Å². The van der Waals surface area contributed by atoms with E-state index < -0.39 is 0 Å². The zero-order chi connectivity index (χ0) is 13.0. The zero-order valence-corrected chi connectivity index (χ0v) is 10.6. The molecule has 0 bridgehead atoms. The fraction of sp³-hybridized carbons (Fsp3) is 0.286. The Morgan fingerprint density at radius 3 is 2.83 bits per heavy atom. The Labute approximate surface area is 106 Å². The van der Waals surface area contributed by atoms with Gasteiger partial charge in [0.1, 0.15) is 11.6 Å². The van der Waals surface area contributed by atoms with Gasteiger partial charge in [-0.1, -0.05) is 19.1 Å². The highest BCUT2D eigenvalue weighted by Gasteiger charge is 2.04. The molecule has 0 spiro atoms. The maximum absolute atomic E-state index is 11.5. The van der Waals surface area contributed by atoms with Crippen LogP contribution in [0.4, 0.5) is 0 Å². The van der Waals surface area contributed by atoms with Crippen molar-refractivity contribution in [3.05, 3.63) is 46.5 Å². The fourth-order valence-electron chi connectivity index (χ4n) is 1.74. The van der Waals surface area contributed by atoms with Crippen LogP contribution in [0.25, 0.3) is 11.3 Å². The number of ether oxygens (including phenoxy) is 1. The molecule has 0 unspecified atom stereocenters. The molecule has 94 valence electrons. The smallest absolute Gasteiger partial charge is 0.251 e. The highest BCUT2D eigenvalue weighted by atomic mass is 16.5. The van der Waals surface area contributed by atoms with E-state index in [1.165, 1.54) is 6.07 Å².